The van der Waals surface area contributed by atoms with Crippen molar-refractivity contribution in [2.45, 2.75) is 37.9 Å². The summed E-state index contributed by atoms with van der Waals surface area (Å²) in [4.78, 5) is 12.9. The molecule has 25 heavy (non-hydrogen) atoms. The Morgan fingerprint density at radius 3 is 2.88 bits per heavy atom. The van der Waals surface area contributed by atoms with E-state index in [1.54, 1.807) is 12.1 Å². The average molecular weight is 369 g/mol. The number of thiophene rings is 1. The van der Waals surface area contributed by atoms with Crippen LogP contribution in [0.2, 0.25) is 0 Å². The van der Waals surface area contributed by atoms with Crippen LogP contribution in [-0.2, 0) is 9.47 Å². The highest BCUT2D eigenvalue weighted by Gasteiger charge is 2.23. The van der Waals surface area contributed by atoms with Crippen molar-refractivity contribution in [1.29, 1.82) is 0 Å². The summed E-state index contributed by atoms with van der Waals surface area (Å²) in [7, 11) is 1.33. The maximum Gasteiger partial charge on any atom is 0.340 e. The molecule has 1 atom stereocenters. The molecule has 0 saturated carbocycles. The molecule has 1 aliphatic heterocycles. The van der Waals surface area contributed by atoms with Crippen LogP contribution in [0.25, 0.3) is 5.57 Å². The van der Waals surface area contributed by atoms with E-state index in [1.165, 1.54) is 18.4 Å². The number of allylic oxidation sites excluding steroid dienone is 4. The lowest BCUT2D eigenvalue weighted by Gasteiger charge is -2.23. The number of hydrogen-bond acceptors (Lipinski definition) is 5. The van der Waals surface area contributed by atoms with Crippen molar-refractivity contribution >= 4 is 27.9 Å². The lowest BCUT2D eigenvalue weighted by atomic mass is 10.1. The van der Waals surface area contributed by atoms with Gasteiger partial charge in [0, 0.05) is 37.0 Å². The zero-order valence-electron chi connectivity index (χ0n) is 14.0. The van der Waals surface area contributed by atoms with Gasteiger partial charge < -0.3 is 14.8 Å². The fourth-order valence-electron chi connectivity index (χ4n) is 2.97. The molecule has 2 aliphatic rings. The van der Waals surface area contributed by atoms with Crippen molar-refractivity contribution in [2.24, 2.45) is 0 Å². The molecule has 1 unspecified atom stereocenters. The SMILES string of the molecule is COC(=O)c1cc(C2=CCC(F)C=C(F)C2)sc1NC1CCOCC1. The van der Waals surface area contributed by atoms with Gasteiger partial charge >= 0.3 is 5.97 Å². The second-order valence-electron chi connectivity index (χ2n) is 6.15. The van der Waals surface area contributed by atoms with Gasteiger partial charge in [-0.2, -0.15) is 0 Å². The van der Waals surface area contributed by atoms with E-state index in [1.807, 2.05) is 0 Å². The van der Waals surface area contributed by atoms with Gasteiger partial charge in [-0.05, 0) is 30.6 Å². The lowest BCUT2D eigenvalue weighted by molar-refractivity contribution is 0.0602. The van der Waals surface area contributed by atoms with Gasteiger partial charge in [0.2, 0.25) is 0 Å². The van der Waals surface area contributed by atoms with Crippen molar-refractivity contribution in [3.8, 4) is 0 Å². The minimum Gasteiger partial charge on any atom is -0.465 e. The number of methoxy groups -OCH3 is 1. The number of esters is 1. The van der Waals surface area contributed by atoms with Gasteiger partial charge in [-0.1, -0.05) is 6.08 Å². The first kappa shape index (κ1) is 18.1. The molecule has 4 nitrogen and oxygen atoms in total. The molecule has 0 radical (unpaired) electrons. The first-order valence-corrected chi connectivity index (χ1v) is 9.14. The van der Waals surface area contributed by atoms with Crippen LogP contribution in [0.4, 0.5) is 13.8 Å². The molecule has 1 saturated heterocycles. The monoisotopic (exact) mass is 369 g/mol. The number of carbonyl (C=O) groups excluding carboxylic acids is 1. The van der Waals surface area contributed by atoms with Crippen LogP contribution in [0.15, 0.2) is 24.0 Å². The average Bonchev–Trinajstić information content (AvgIpc) is 2.94. The second kappa shape index (κ2) is 8.10. The number of hydrogen-bond donors (Lipinski definition) is 1. The molecule has 0 amide bonds. The molecule has 2 heterocycles. The van der Waals surface area contributed by atoms with Crippen LogP contribution >= 0.6 is 11.3 Å². The molecule has 0 aromatic carbocycles. The first-order valence-electron chi connectivity index (χ1n) is 8.33. The molecule has 1 N–H and O–H groups in total. The lowest BCUT2D eigenvalue weighted by Crippen LogP contribution is -2.28. The van der Waals surface area contributed by atoms with Crippen molar-refractivity contribution in [2.75, 3.05) is 25.6 Å². The zero-order valence-corrected chi connectivity index (χ0v) is 14.8. The highest BCUT2D eigenvalue weighted by molar-refractivity contribution is 7.17. The van der Waals surface area contributed by atoms with Crippen LogP contribution in [-0.4, -0.2) is 38.5 Å². The normalized spacial score (nSPS) is 22.0. The van der Waals surface area contributed by atoms with E-state index >= 15 is 0 Å². The number of rotatable bonds is 4. The van der Waals surface area contributed by atoms with Crippen LogP contribution < -0.4 is 5.32 Å². The molecule has 136 valence electrons. The smallest absolute Gasteiger partial charge is 0.340 e. The maximum atomic E-state index is 13.8. The van der Waals surface area contributed by atoms with Crippen molar-refractivity contribution < 1.29 is 23.0 Å². The Balaban J connectivity index is 1.87. The number of halogens is 2. The van der Waals surface area contributed by atoms with Crippen LogP contribution in [0.3, 0.4) is 0 Å². The Bertz CT molecular complexity index is 692. The minimum atomic E-state index is -1.31. The summed E-state index contributed by atoms with van der Waals surface area (Å²) in [5.74, 6) is -0.922. The van der Waals surface area contributed by atoms with Gasteiger partial charge in [0.15, 0.2) is 0 Å². The molecular formula is C18H21F2NO3S. The summed E-state index contributed by atoms with van der Waals surface area (Å²) < 4.78 is 37.5. The van der Waals surface area contributed by atoms with Crippen molar-refractivity contribution in [3.05, 3.63) is 34.5 Å². The molecule has 1 aromatic rings. The van der Waals surface area contributed by atoms with E-state index in [-0.39, 0.29) is 18.9 Å². The van der Waals surface area contributed by atoms with Crippen LogP contribution in [0.1, 0.15) is 40.9 Å². The second-order valence-corrected chi connectivity index (χ2v) is 7.20. The van der Waals surface area contributed by atoms with Crippen molar-refractivity contribution in [1.82, 2.24) is 0 Å². The third-order valence-electron chi connectivity index (χ3n) is 4.32. The van der Waals surface area contributed by atoms with E-state index in [0.29, 0.717) is 29.4 Å². The third-order valence-corrected chi connectivity index (χ3v) is 5.46. The molecule has 0 bridgehead atoms. The van der Waals surface area contributed by atoms with Crippen LogP contribution in [0, 0.1) is 0 Å². The maximum absolute atomic E-state index is 13.8. The largest absolute Gasteiger partial charge is 0.465 e. The summed E-state index contributed by atoms with van der Waals surface area (Å²) in [6.07, 6.45) is 3.31. The number of nitrogens with one attached hydrogen (secondary N) is 1. The van der Waals surface area contributed by atoms with Gasteiger partial charge in [-0.15, -0.1) is 11.3 Å². The number of carbonyl (C=O) groups is 1. The highest BCUT2D eigenvalue weighted by Crippen LogP contribution is 2.38. The summed E-state index contributed by atoms with van der Waals surface area (Å²) in [6, 6.07) is 1.93. The highest BCUT2D eigenvalue weighted by atomic mass is 32.1. The fourth-order valence-corrected chi connectivity index (χ4v) is 4.13. The fraction of sp³-hybridized carbons (Fsp3) is 0.500. The van der Waals surface area contributed by atoms with E-state index in [2.05, 4.69) is 5.32 Å². The Morgan fingerprint density at radius 1 is 1.40 bits per heavy atom. The van der Waals surface area contributed by atoms with Gasteiger partial charge in [0.05, 0.1) is 12.7 Å². The summed E-state index contributed by atoms with van der Waals surface area (Å²) in [5, 5.41) is 4.10. The molecule has 0 spiro atoms. The standard InChI is InChI=1S/C18H21F2NO3S/c1-23-18(22)15-10-16(11-2-3-12(19)9-13(20)8-11)25-17(15)21-14-4-6-24-7-5-14/h2,9-10,12,14,21H,3-8H2,1H3. The molecule has 7 heteroatoms. The number of alkyl halides is 1. The quantitative estimate of drug-likeness (QED) is 0.794. The zero-order chi connectivity index (χ0) is 17.8. The molecule has 1 aromatic heterocycles. The van der Waals surface area contributed by atoms with Crippen molar-refractivity contribution in [3.63, 3.8) is 0 Å². The minimum absolute atomic E-state index is 0.0399. The predicted molar refractivity (Wildman–Crippen MR) is 94.4 cm³/mol. The number of ether oxygens (including phenoxy) is 2. The first-order chi connectivity index (χ1) is 12.1. The Morgan fingerprint density at radius 2 is 2.16 bits per heavy atom. The van der Waals surface area contributed by atoms with Crippen LogP contribution in [0.5, 0.6) is 0 Å². The summed E-state index contributed by atoms with van der Waals surface area (Å²) in [5.41, 5.74) is 1.13. The Kier molecular flexibility index (Phi) is 5.86. The molecule has 1 fully saturated rings. The Labute approximate surface area is 149 Å². The van der Waals surface area contributed by atoms with Gasteiger partial charge in [0.25, 0.3) is 0 Å². The van der Waals surface area contributed by atoms with Gasteiger partial charge in [-0.3, -0.25) is 0 Å². The molecular weight excluding hydrogens is 348 g/mol. The predicted octanol–water partition coefficient (Wildman–Crippen LogP) is 4.49. The summed E-state index contributed by atoms with van der Waals surface area (Å²) in [6.45, 7) is 1.37. The van der Waals surface area contributed by atoms with Gasteiger partial charge in [-0.25, -0.2) is 13.6 Å². The Hall–Kier alpha value is -1.73. The van der Waals surface area contributed by atoms with E-state index in [9.17, 15) is 13.6 Å². The molecule has 1 aliphatic carbocycles. The van der Waals surface area contributed by atoms with E-state index < -0.39 is 18.0 Å². The van der Waals surface area contributed by atoms with E-state index in [4.69, 9.17) is 9.47 Å². The number of anilines is 1. The summed E-state index contributed by atoms with van der Waals surface area (Å²) >= 11 is 1.38. The topological polar surface area (TPSA) is 47.6 Å². The van der Waals surface area contributed by atoms with Gasteiger partial charge in [0.1, 0.15) is 17.0 Å². The third kappa shape index (κ3) is 4.46. The molecule has 3 rings (SSSR count). The van der Waals surface area contributed by atoms with E-state index in [0.717, 1.165) is 23.8 Å².